The van der Waals surface area contributed by atoms with Gasteiger partial charge in [0.1, 0.15) is 5.82 Å². The van der Waals surface area contributed by atoms with Gasteiger partial charge in [-0.15, -0.1) is 0 Å². The first kappa shape index (κ1) is 14.2. The van der Waals surface area contributed by atoms with Crippen LogP contribution >= 0.6 is 11.6 Å². The lowest BCUT2D eigenvalue weighted by Gasteiger charge is -2.13. The molecule has 0 aliphatic heterocycles. The van der Waals surface area contributed by atoms with Crippen molar-refractivity contribution in [1.29, 1.82) is 0 Å². The summed E-state index contributed by atoms with van der Waals surface area (Å²) in [6.07, 6.45) is 0.303. The van der Waals surface area contributed by atoms with Gasteiger partial charge in [-0.1, -0.05) is 11.6 Å². The largest absolute Gasteiger partial charge is 0.396 e. The molecular weight excluding hydrogens is 273 g/mol. The fraction of sp³-hybridized carbons (Fsp3) is 0.462. The van der Waals surface area contributed by atoms with Crippen LogP contribution in [0.4, 0.5) is 4.39 Å². The van der Waals surface area contributed by atoms with Crippen LogP contribution in [0.2, 0.25) is 5.02 Å². The normalized spacial score (nSPS) is 26.4. The van der Waals surface area contributed by atoms with Crippen molar-refractivity contribution in [3.8, 4) is 0 Å². The zero-order chi connectivity index (χ0) is 14.0. The fourth-order valence-corrected chi connectivity index (χ4v) is 2.61. The lowest BCUT2D eigenvalue weighted by Crippen LogP contribution is -2.33. The number of benzene rings is 1. The molecule has 19 heavy (non-hydrogen) atoms. The lowest BCUT2D eigenvalue weighted by atomic mass is 10.1. The number of amides is 1. The van der Waals surface area contributed by atoms with Crippen molar-refractivity contribution >= 4 is 17.5 Å². The second-order valence-corrected chi connectivity index (χ2v) is 5.18. The van der Waals surface area contributed by atoms with Gasteiger partial charge in [0.2, 0.25) is 0 Å². The minimum Gasteiger partial charge on any atom is -0.396 e. The Hall–Kier alpha value is -1.17. The second kappa shape index (κ2) is 5.86. The van der Waals surface area contributed by atoms with Gasteiger partial charge in [-0.3, -0.25) is 4.79 Å². The summed E-state index contributed by atoms with van der Waals surface area (Å²) in [4.78, 5) is 12.0. The van der Waals surface area contributed by atoms with Gasteiger partial charge < -0.3 is 15.5 Å². The Bertz CT molecular complexity index is 483. The smallest absolute Gasteiger partial charge is 0.253 e. The number of halogens is 2. The molecule has 0 heterocycles. The Morgan fingerprint density at radius 1 is 1.47 bits per heavy atom. The Morgan fingerprint density at radius 2 is 2.21 bits per heavy atom. The SMILES string of the molecule is O=C(N[C@@H]1C[C@H](CO)[C@H](O)C1)c1ccc(F)cc1Cl. The predicted molar refractivity (Wildman–Crippen MR) is 68.5 cm³/mol. The first-order valence-electron chi connectivity index (χ1n) is 6.06. The molecule has 1 aromatic rings. The highest BCUT2D eigenvalue weighted by molar-refractivity contribution is 6.33. The first-order chi connectivity index (χ1) is 9.01. The summed E-state index contributed by atoms with van der Waals surface area (Å²) in [6.45, 7) is -0.106. The third-order valence-corrected chi connectivity index (χ3v) is 3.72. The molecule has 3 N–H and O–H groups in total. The highest BCUT2D eigenvalue weighted by Crippen LogP contribution is 2.26. The second-order valence-electron chi connectivity index (χ2n) is 4.78. The van der Waals surface area contributed by atoms with Crippen LogP contribution in [0.5, 0.6) is 0 Å². The van der Waals surface area contributed by atoms with E-state index in [1.54, 1.807) is 0 Å². The van der Waals surface area contributed by atoms with Crippen LogP contribution in [-0.4, -0.2) is 34.9 Å². The van der Waals surface area contributed by atoms with Gasteiger partial charge in [0.15, 0.2) is 0 Å². The topological polar surface area (TPSA) is 69.6 Å². The Morgan fingerprint density at radius 3 is 2.79 bits per heavy atom. The summed E-state index contributed by atoms with van der Waals surface area (Å²) in [6, 6.07) is 3.36. The molecule has 0 saturated heterocycles. The number of carbonyl (C=O) groups excluding carboxylic acids is 1. The Labute approximate surface area is 115 Å². The highest BCUT2D eigenvalue weighted by Gasteiger charge is 2.33. The zero-order valence-corrected chi connectivity index (χ0v) is 10.9. The molecule has 0 radical (unpaired) electrons. The van der Waals surface area contributed by atoms with Crippen LogP contribution in [0.15, 0.2) is 18.2 Å². The molecule has 104 valence electrons. The van der Waals surface area contributed by atoms with E-state index < -0.39 is 17.8 Å². The van der Waals surface area contributed by atoms with Crippen molar-refractivity contribution in [3.63, 3.8) is 0 Å². The molecular formula is C13H15ClFNO3. The monoisotopic (exact) mass is 287 g/mol. The van der Waals surface area contributed by atoms with Crippen LogP contribution in [0, 0.1) is 11.7 Å². The van der Waals surface area contributed by atoms with Crippen LogP contribution in [-0.2, 0) is 0 Å². The molecule has 4 nitrogen and oxygen atoms in total. The van der Waals surface area contributed by atoms with Crippen molar-refractivity contribution in [1.82, 2.24) is 5.32 Å². The molecule has 6 heteroatoms. The van der Waals surface area contributed by atoms with E-state index in [4.69, 9.17) is 16.7 Å². The molecule has 1 aliphatic carbocycles. The molecule has 2 rings (SSSR count). The van der Waals surface area contributed by atoms with Gasteiger partial charge in [0, 0.05) is 18.6 Å². The van der Waals surface area contributed by atoms with Gasteiger partial charge in [0.25, 0.3) is 5.91 Å². The van der Waals surface area contributed by atoms with E-state index in [1.807, 2.05) is 0 Å². The molecule has 1 aromatic carbocycles. The number of rotatable bonds is 3. The summed E-state index contributed by atoms with van der Waals surface area (Å²) in [5.74, 6) is -1.12. The maximum Gasteiger partial charge on any atom is 0.253 e. The molecule has 0 spiro atoms. The molecule has 1 fully saturated rings. The van der Waals surface area contributed by atoms with Crippen LogP contribution < -0.4 is 5.32 Å². The zero-order valence-electron chi connectivity index (χ0n) is 10.1. The molecule has 1 amide bonds. The predicted octanol–water partition coefficient (Wildman–Crippen LogP) is 1.34. The van der Waals surface area contributed by atoms with Crippen molar-refractivity contribution < 1.29 is 19.4 Å². The van der Waals surface area contributed by atoms with Gasteiger partial charge in [-0.25, -0.2) is 4.39 Å². The number of hydrogen-bond donors (Lipinski definition) is 3. The quantitative estimate of drug-likeness (QED) is 0.786. The maximum absolute atomic E-state index is 12.9. The van der Waals surface area contributed by atoms with E-state index in [-0.39, 0.29) is 29.2 Å². The molecule has 0 bridgehead atoms. The minimum absolute atomic E-state index is 0.0507. The average Bonchev–Trinajstić information content (AvgIpc) is 2.69. The summed E-state index contributed by atoms with van der Waals surface area (Å²) < 4.78 is 12.9. The number of aliphatic hydroxyl groups excluding tert-OH is 2. The number of hydrogen-bond acceptors (Lipinski definition) is 3. The van der Waals surface area contributed by atoms with E-state index in [9.17, 15) is 14.3 Å². The average molecular weight is 288 g/mol. The molecule has 0 aromatic heterocycles. The summed E-state index contributed by atoms with van der Waals surface area (Å²) in [7, 11) is 0. The van der Waals surface area contributed by atoms with E-state index >= 15 is 0 Å². The molecule has 1 aliphatic rings. The van der Waals surface area contributed by atoms with Crippen LogP contribution in [0.25, 0.3) is 0 Å². The van der Waals surface area contributed by atoms with Crippen LogP contribution in [0.3, 0.4) is 0 Å². The van der Waals surface area contributed by atoms with E-state index in [2.05, 4.69) is 5.32 Å². The summed E-state index contributed by atoms with van der Waals surface area (Å²) in [5, 5.41) is 21.5. The Balaban J connectivity index is 2.02. The maximum atomic E-state index is 12.9. The molecule has 0 unspecified atom stereocenters. The van der Waals surface area contributed by atoms with Crippen molar-refractivity contribution in [2.24, 2.45) is 5.92 Å². The number of nitrogens with one attached hydrogen (secondary N) is 1. The number of carbonyl (C=O) groups is 1. The summed E-state index contributed by atoms with van der Waals surface area (Å²) in [5.41, 5.74) is 0.199. The van der Waals surface area contributed by atoms with Gasteiger partial charge in [0.05, 0.1) is 16.7 Å². The fourth-order valence-electron chi connectivity index (χ4n) is 2.35. The third kappa shape index (κ3) is 3.23. The van der Waals surface area contributed by atoms with Crippen molar-refractivity contribution in [2.75, 3.05) is 6.61 Å². The highest BCUT2D eigenvalue weighted by atomic mass is 35.5. The minimum atomic E-state index is -0.612. The van der Waals surface area contributed by atoms with E-state index in [0.717, 1.165) is 6.07 Å². The lowest BCUT2D eigenvalue weighted by molar-refractivity contribution is 0.0903. The summed E-state index contributed by atoms with van der Waals surface area (Å²) >= 11 is 5.80. The molecule has 1 saturated carbocycles. The standard InChI is InChI=1S/C13H15ClFNO3/c14-11-4-8(15)1-2-10(11)13(19)16-9-3-7(6-17)12(18)5-9/h1-2,4,7,9,12,17-18H,3,5-6H2,(H,16,19)/t7-,9-,12-/m1/s1. The third-order valence-electron chi connectivity index (χ3n) is 3.40. The number of aliphatic hydroxyl groups is 2. The first-order valence-corrected chi connectivity index (χ1v) is 6.44. The van der Waals surface area contributed by atoms with Gasteiger partial charge >= 0.3 is 0 Å². The van der Waals surface area contributed by atoms with Crippen molar-refractivity contribution in [3.05, 3.63) is 34.6 Å². The van der Waals surface area contributed by atoms with E-state index in [1.165, 1.54) is 12.1 Å². The van der Waals surface area contributed by atoms with Gasteiger partial charge in [-0.05, 0) is 31.0 Å². The van der Waals surface area contributed by atoms with Gasteiger partial charge in [-0.2, -0.15) is 0 Å². The molecule has 3 atom stereocenters. The van der Waals surface area contributed by atoms with E-state index in [0.29, 0.717) is 12.8 Å². The van der Waals surface area contributed by atoms with Crippen LogP contribution in [0.1, 0.15) is 23.2 Å². The Kier molecular flexibility index (Phi) is 4.39. The van der Waals surface area contributed by atoms with Crippen molar-refractivity contribution in [2.45, 2.75) is 25.0 Å².